The maximum absolute atomic E-state index is 13.2. The van der Waals surface area contributed by atoms with Crippen molar-refractivity contribution in [3.63, 3.8) is 0 Å². The van der Waals surface area contributed by atoms with Gasteiger partial charge in [0.05, 0.1) is 6.61 Å². The molecule has 1 aliphatic rings. The summed E-state index contributed by atoms with van der Waals surface area (Å²) >= 11 is 0. The van der Waals surface area contributed by atoms with E-state index >= 15 is 0 Å². The van der Waals surface area contributed by atoms with Crippen LogP contribution in [0.15, 0.2) is 18.2 Å². The van der Waals surface area contributed by atoms with E-state index in [9.17, 15) is 4.79 Å². The first-order chi connectivity index (χ1) is 13.5. The highest BCUT2D eigenvalue weighted by atomic mass is 16.7. The summed E-state index contributed by atoms with van der Waals surface area (Å²) in [5.74, 6) is 2.00. The molecule has 0 N–H and O–H groups in total. The lowest BCUT2D eigenvalue weighted by molar-refractivity contribution is 0.0804. The average Bonchev–Trinajstić information content (AvgIpc) is 3.33. The Hall–Kier alpha value is -2.57. The summed E-state index contributed by atoms with van der Waals surface area (Å²) in [4.78, 5) is 17.7. The van der Waals surface area contributed by atoms with Crippen LogP contribution in [0.4, 0.5) is 0 Å². The van der Waals surface area contributed by atoms with Crippen molar-refractivity contribution in [1.29, 1.82) is 0 Å². The van der Waals surface area contributed by atoms with Gasteiger partial charge in [-0.2, -0.15) is 9.67 Å². The molecule has 1 unspecified atom stereocenters. The van der Waals surface area contributed by atoms with E-state index in [4.69, 9.17) is 14.2 Å². The molecule has 0 saturated carbocycles. The Labute approximate surface area is 166 Å². The fourth-order valence-electron chi connectivity index (χ4n) is 3.10. The van der Waals surface area contributed by atoms with Gasteiger partial charge < -0.3 is 14.2 Å². The summed E-state index contributed by atoms with van der Waals surface area (Å²) in [6, 6.07) is 5.74. The van der Waals surface area contributed by atoms with Crippen molar-refractivity contribution in [2.24, 2.45) is 11.8 Å². The lowest BCUT2D eigenvalue weighted by Crippen LogP contribution is -2.23. The van der Waals surface area contributed by atoms with Gasteiger partial charge in [-0.25, -0.2) is 0 Å². The molecule has 1 atom stereocenters. The number of hydrogen-bond donors (Lipinski definition) is 0. The molecule has 0 bridgehead atoms. The van der Waals surface area contributed by atoms with Crippen LogP contribution in [-0.2, 0) is 0 Å². The molecule has 28 heavy (non-hydrogen) atoms. The molecule has 7 nitrogen and oxygen atoms in total. The standard InChI is InChI=1S/C21H29N3O4/c1-5-7-8-15(6-2)20(25)24-19(22-21(23-24)26-12-14(3)4)16-9-10-17-18(11-16)28-13-27-17/h9-11,14-15H,5-8,12-13H2,1-4H3. The summed E-state index contributed by atoms with van der Waals surface area (Å²) in [5, 5.41) is 4.39. The molecule has 0 saturated heterocycles. The molecular weight excluding hydrogens is 358 g/mol. The summed E-state index contributed by atoms with van der Waals surface area (Å²) in [6.07, 6.45) is 3.67. The molecule has 0 radical (unpaired) electrons. The molecule has 152 valence electrons. The van der Waals surface area contributed by atoms with Gasteiger partial charge >= 0.3 is 6.01 Å². The fourth-order valence-corrected chi connectivity index (χ4v) is 3.10. The van der Waals surface area contributed by atoms with E-state index in [1.807, 2.05) is 25.1 Å². The van der Waals surface area contributed by atoms with Gasteiger partial charge in [0, 0.05) is 11.5 Å². The largest absolute Gasteiger partial charge is 0.462 e. The molecular formula is C21H29N3O4. The zero-order valence-electron chi connectivity index (χ0n) is 17.1. The second-order valence-corrected chi connectivity index (χ2v) is 7.49. The number of benzene rings is 1. The van der Waals surface area contributed by atoms with E-state index in [0.29, 0.717) is 29.8 Å². The van der Waals surface area contributed by atoms with Gasteiger partial charge in [-0.1, -0.05) is 40.5 Å². The van der Waals surface area contributed by atoms with Crippen LogP contribution in [0.3, 0.4) is 0 Å². The summed E-state index contributed by atoms with van der Waals surface area (Å²) < 4.78 is 17.9. The second kappa shape index (κ2) is 9.08. The molecule has 7 heteroatoms. The Morgan fingerprint density at radius 3 is 2.75 bits per heavy atom. The first-order valence-corrected chi connectivity index (χ1v) is 10.1. The van der Waals surface area contributed by atoms with E-state index in [1.54, 1.807) is 0 Å². The molecule has 0 amide bonds. The highest BCUT2D eigenvalue weighted by molar-refractivity contribution is 5.84. The van der Waals surface area contributed by atoms with Gasteiger partial charge in [-0.05, 0) is 37.0 Å². The third-order valence-corrected chi connectivity index (χ3v) is 4.72. The maximum atomic E-state index is 13.2. The number of fused-ring (bicyclic) bond motifs is 1. The quantitative estimate of drug-likeness (QED) is 0.628. The molecule has 0 fully saturated rings. The van der Waals surface area contributed by atoms with Crippen LogP contribution in [0.2, 0.25) is 0 Å². The Kier molecular flexibility index (Phi) is 6.54. The van der Waals surface area contributed by atoms with Gasteiger partial charge in [-0.15, -0.1) is 5.10 Å². The Morgan fingerprint density at radius 2 is 2.04 bits per heavy atom. The number of hydrogen-bond acceptors (Lipinski definition) is 6. The Morgan fingerprint density at radius 1 is 1.25 bits per heavy atom. The van der Waals surface area contributed by atoms with Crippen LogP contribution in [0.25, 0.3) is 11.4 Å². The van der Waals surface area contributed by atoms with Gasteiger partial charge in [0.15, 0.2) is 17.3 Å². The lowest BCUT2D eigenvalue weighted by Gasteiger charge is -2.14. The minimum absolute atomic E-state index is 0.0458. The van der Waals surface area contributed by atoms with Crippen molar-refractivity contribution in [1.82, 2.24) is 14.8 Å². The molecule has 3 rings (SSSR count). The van der Waals surface area contributed by atoms with Crippen molar-refractivity contribution in [3.05, 3.63) is 18.2 Å². The number of unbranched alkanes of at least 4 members (excludes halogenated alkanes) is 1. The van der Waals surface area contributed by atoms with Gasteiger partial charge in [-0.3, -0.25) is 4.79 Å². The first kappa shape index (κ1) is 20.2. The van der Waals surface area contributed by atoms with Crippen LogP contribution < -0.4 is 14.2 Å². The Bertz CT molecular complexity index is 816. The average molecular weight is 387 g/mol. The fraction of sp³-hybridized carbons (Fsp3) is 0.571. The third-order valence-electron chi connectivity index (χ3n) is 4.72. The number of aromatic nitrogens is 3. The van der Waals surface area contributed by atoms with Crippen LogP contribution in [0.5, 0.6) is 17.5 Å². The van der Waals surface area contributed by atoms with Crippen molar-refractivity contribution < 1.29 is 19.0 Å². The van der Waals surface area contributed by atoms with Crippen molar-refractivity contribution in [2.75, 3.05) is 13.4 Å². The van der Waals surface area contributed by atoms with Gasteiger partial charge in [0.1, 0.15) is 0 Å². The molecule has 2 heterocycles. The summed E-state index contributed by atoms with van der Waals surface area (Å²) in [6.45, 7) is 8.96. The molecule has 2 aromatic rings. The monoisotopic (exact) mass is 387 g/mol. The number of nitrogens with zero attached hydrogens (tertiary/aromatic N) is 3. The zero-order valence-corrected chi connectivity index (χ0v) is 17.1. The van der Waals surface area contributed by atoms with Crippen LogP contribution in [-0.4, -0.2) is 34.1 Å². The number of carbonyl (C=O) groups is 1. The zero-order chi connectivity index (χ0) is 20.1. The SMILES string of the molecule is CCCCC(CC)C(=O)n1nc(OCC(C)C)nc1-c1ccc2c(c1)OCO2. The van der Waals surface area contributed by atoms with E-state index in [1.165, 1.54) is 4.68 Å². The van der Waals surface area contributed by atoms with E-state index < -0.39 is 0 Å². The smallest absolute Gasteiger partial charge is 0.336 e. The van der Waals surface area contributed by atoms with Gasteiger partial charge in [0.2, 0.25) is 6.79 Å². The van der Waals surface area contributed by atoms with Crippen LogP contribution in [0, 0.1) is 11.8 Å². The van der Waals surface area contributed by atoms with E-state index in [0.717, 1.165) is 31.2 Å². The molecule has 1 aliphatic heterocycles. The van der Waals surface area contributed by atoms with Crippen LogP contribution in [0.1, 0.15) is 58.2 Å². The highest BCUT2D eigenvalue weighted by Crippen LogP contribution is 2.36. The number of carbonyl (C=O) groups excluding carboxylic acids is 1. The minimum atomic E-state index is -0.0904. The molecule has 0 aliphatic carbocycles. The normalized spacial score (nSPS) is 13.8. The predicted octanol–water partition coefficient (Wildman–Crippen LogP) is 4.57. The number of rotatable bonds is 9. The summed E-state index contributed by atoms with van der Waals surface area (Å²) in [5.41, 5.74) is 0.745. The van der Waals surface area contributed by atoms with Crippen molar-refractivity contribution >= 4 is 5.91 Å². The Balaban J connectivity index is 1.95. The van der Waals surface area contributed by atoms with Crippen molar-refractivity contribution in [2.45, 2.75) is 53.4 Å². The topological polar surface area (TPSA) is 75.5 Å². The van der Waals surface area contributed by atoms with E-state index in [2.05, 4.69) is 30.9 Å². The minimum Gasteiger partial charge on any atom is -0.462 e. The molecule has 0 spiro atoms. The van der Waals surface area contributed by atoms with Gasteiger partial charge in [0.25, 0.3) is 5.91 Å². The maximum Gasteiger partial charge on any atom is 0.336 e. The lowest BCUT2D eigenvalue weighted by atomic mass is 9.98. The third kappa shape index (κ3) is 4.46. The highest BCUT2D eigenvalue weighted by Gasteiger charge is 2.26. The van der Waals surface area contributed by atoms with Crippen LogP contribution >= 0.6 is 0 Å². The first-order valence-electron chi connectivity index (χ1n) is 10.1. The van der Waals surface area contributed by atoms with E-state index in [-0.39, 0.29) is 24.6 Å². The summed E-state index contributed by atoms with van der Waals surface area (Å²) in [7, 11) is 0. The van der Waals surface area contributed by atoms with Crippen molar-refractivity contribution in [3.8, 4) is 28.9 Å². The number of ether oxygens (including phenoxy) is 3. The predicted molar refractivity (Wildman–Crippen MR) is 106 cm³/mol. The molecule has 1 aromatic carbocycles. The molecule has 1 aromatic heterocycles. The second-order valence-electron chi connectivity index (χ2n) is 7.49.